The molecular weight excluding hydrogens is 282 g/mol. The number of aromatic carboxylic acids is 1. The number of aromatic nitrogens is 2. The van der Waals surface area contributed by atoms with Crippen molar-refractivity contribution in [2.24, 2.45) is 7.05 Å². The van der Waals surface area contributed by atoms with Gasteiger partial charge in [0.1, 0.15) is 0 Å². The Bertz CT molecular complexity index is 765. The second-order valence-electron chi connectivity index (χ2n) is 4.18. The summed E-state index contributed by atoms with van der Waals surface area (Å²) < 4.78 is 28.0. The van der Waals surface area contributed by atoms with Crippen molar-refractivity contribution in [1.29, 1.82) is 0 Å². The molecule has 0 aliphatic rings. The number of carboxylic acids is 1. The van der Waals surface area contributed by atoms with Crippen LogP contribution in [0.4, 0.5) is 5.69 Å². The third-order valence-corrected chi connectivity index (χ3v) is 4.30. The van der Waals surface area contributed by atoms with Crippen molar-refractivity contribution in [2.75, 3.05) is 4.72 Å². The van der Waals surface area contributed by atoms with Crippen LogP contribution in [-0.2, 0) is 17.1 Å². The second kappa shape index (κ2) is 4.97. The van der Waals surface area contributed by atoms with E-state index >= 15 is 0 Å². The van der Waals surface area contributed by atoms with E-state index in [-0.39, 0.29) is 16.3 Å². The fourth-order valence-electron chi connectivity index (χ4n) is 1.80. The molecule has 1 aromatic heterocycles. The van der Waals surface area contributed by atoms with E-state index in [2.05, 4.69) is 9.82 Å². The van der Waals surface area contributed by atoms with E-state index < -0.39 is 16.0 Å². The molecule has 0 amide bonds. The normalized spacial score (nSPS) is 11.3. The van der Waals surface area contributed by atoms with Crippen LogP contribution in [0.1, 0.15) is 15.9 Å². The van der Waals surface area contributed by atoms with Crippen molar-refractivity contribution < 1.29 is 18.3 Å². The lowest BCUT2D eigenvalue weighted by atomic mass is 10.1. The number of anilines is 1. The zero-order valence-corrected chi connectivity index (χ0v) is 11.7. The molecule has 0 saturated heterocycles. The summed E-state index contributed by atoms with van der Waals surface area (Å²) in [6, 6.07) is 5.77. The smallest absolute Gasteiger partial charge is 0.336 e. The highest BCUT2D eigenvalue weighted by Gasteiger charge is 2.20. The van der Waals surface area contributed by atoms with E-state index in [0.29, 0.717) is 5.56 Å². The topological polar surface area (TPSA) is 101 Å². The molecule has 0 radical (unpaired) electrons. The average Bonchev–Trinajstić information content (AvgIpc) is 2.78. The fourth-order valence-corrected chi connectivity index (χ4v) is 3.05. The van der Waals surface area contributed by atoms with E-state index in [4.69, 9.17) is 5.11 Å². The van der Waals surface area contributed by atoms with Gasteiger partial charge in [0.05, 0.1) is 17.4 Å². The molecule has 0 aliphatic heterocycles. The third kappa shape index (κ3) is 2.50. The van der Waals surface area contributed by atoms with Crippen molar-refractivity contribution in [3.63, 3.8) is 0 Å². The maximum atomic E-state index is 12.2. The van der Waals surface area contributed by atoms with Gasteiger partial charge in [0, 0.05) is 7.05 Å². The molecule has 0 atom stereocenters. The Morgan fingerprint density at radius 2 is 2.05 bits per heavy atom. The van der Waals surface area contributed by atoms with Gasteiger partial charge in [0.15, 0.2) is 5.03 Å². The van der Waals surface area contributed by atoms with Gasteiger partial charge in [0.2, 0.25) is 0 Å². The number of rotatable bonds is 4. The molecule has 1 aromatic carbocycles. The van der Waals surface area contributed by atoms with Gasteiger partial charge in [-0.3, -0.25) is 9.40 Å². The number of hydrogen-bond donors (Lipinski definition) is 2. The predicted molar refractivity (Wildman–Crippen MR) is 72.2 cm³/mol. The van der Waals surface area contributed by atoms with Gasteiger partial charge in [-0.05, 0) is 30.7 Å². The van der Waals surface area contributed by atoms with Crippen LogP contribution in [0.2, 0.25) is 0 Å². The lowest BCUT2D eigenvalue weighted by molar-refractivity contribution is 0.0696. The number of carboxylic acid groups (broad SMARTS) is 1. The highest BCUT2D eigenvalue weighted by molar-refractivity contribution is 7.92. The first-order valence-corrected chi connectivity index (χ1v) is 7.15. The maximum absolute atomic E-state index is 12.2. The largest absolute Gasteiger partial charge is 0.478 e. The first kappa shape index (κ1) is 14.1. The fraction of sp³-hybridized carbons (Fsp3) is 0.167. The predicted octanol–water partition coefficient (Wildman–Crippen LogP) is 1.23. The second-order valence-corrected chi connectivity index (χ2v) is 5.81. The third-order valence-electron chi connectivity index (χ3n) is 2.86. The van der Waals surface area contributed by atoms with E-state index in [0.717, 1.165) is 0 Å². The SMILES string of the molecule is Cc1c(NS(=O)(=O)c2ccnn2C)cccc1C(=O)O. The van der Waals surface area contributed by atoms with Crippen LogP contribution in [0.3, 0.4) is 0 Å². The number of carbonyl (C=O) groups is 1. The molecular formula is C12H13N3O4S. The van der Waals surface area contributed by atoms with Gasteiger partial charge in [0.25, 0.3) is 10.0 Å². The van der Waals surface area contributed by atoms with Crippen LogP contribution in [0, 0.1) is 6.92 Å². The summed E-state index contributed by atoms with van der Waals surface area (Å²) in [5.74, 6) is -1.11. The van der Waals surface area contributed by atoms with Crippen molar-refractivity contribution in [3.05, 3.63) is 41.6 Å². The van der Waals surface area contributed by atoms with Crippen LogP contribution >= 0.6 is 0 Å². The van der Waals surface area contributed by atoms with Gasteiger partial charge in [-0.1, -0.05) is 6.07 Å². The summed E-state index contributed by atoms with van der Waals surface area (Å²) in [4.78, 5) is 11.0. The molecule has 2 N–H and O–H groups in total. The molecule has 2 rings (SSSR count). The van der Waals surface area contributed by atoms with Crippen LogP contribution in [0.15, 0.2) is 35.5 Å². The molecule has 20 heavy (non-hydrogen) atoms. The summed E-state index contributed by atoms with van der Waals surface area (Å²) in [7, 11) is -2.30. The zero-order chi connectivity index (χ0) is 14.9. The van der Waals surface area contributed by atoms with Gasteiger partial charge < -0.3 is 5.11 Å². The molecule has 0 unspecified atom stereocenters. The van der Waals surface area contributed by atoms with Crippen molar-refractivity contribution in [1.82, 2.24) is 9.78 Å². The van der Waals surface area contributed by atoms with Gasteiger partial charge in [-0.2, -0.15) is 13.5 Å². The molecule has 1 heterocycles. The molecule has 106 valence electrons. The van der Waals surface area contributed by atoms with E-state index in [1.165, 1.54) is 42.2 Å². The first-order valence-electron chi connectivity index (χ1n) is 5.66. The summed E-state index contributed by atoms with van der Waals surface area (Å²) in [5, 5.41) is 12.8. The van der Waals surface area contributed by atoms with Crippen molar-refractivity contribution in [2.45, 2.75) is 11.9 Å². The Morgan fingerprint density at radius 1 is 1.35 bits per heavy atom. The van der Waals surface area contributed by atoms with E-state index in [1.54, 1.807) is 6.92 Å². The Morgan fingerprint density at radius 3 is 2.60 bits per heavy atom. The number of nitrogens with one attached hydrogen (secondary N) is 1. The maximum Gasteiger partial charge on any atom is 0.336 e. The Hall–Kier alpha value is -2.35. The summed E-state index contributed by atoms with van der Waals surface area (Å²) in [6.07, 6.45) is 1.37. The minimum Gasteiger partial charge on any atom is -0.478 e. The van der Waals surface area contributed by atoms with Crippen molar-refractivity contribution >= 4 is 21.7 Å². The van der Waals surface area contributed by atoms with Crippen molar-refractivity contribution in [3.8, 4) is 0 Å². The highest BCUT2D eigenvalue weighted by Crippen LogP contribution is 2.22. The molecule has 8 heteroatoms. The van der Waals surface area contributed by atoms with Crippen LogP contribution in [0.25, 0.3) is 0 Å². The van der Waals surface area contributed by atoms with Crippen LogP contribution < -0.4 is 4.72 Å². The molecule has 0 aliphatic carbocycles. The number of benzene rings is 1. The van der Waals surface area contributed by atoms with Gasteiger partial charge >= 0.3 is 5.97 Å². The summed E-state index contributed by atoms with van der Waals surface area (Å²) in [5.41, 5.74) is 0.632. The van der Waals surface area contributed by atoms with Crippen LogP contribution in [-0.4, -0.2) is 29.3 Å². The zero-order valence-electron chi connectivity index (χ0n) is 10.9. The van der Waals surface area contributed by atoms with Gasteiger partial charge in [-0.25, -0.2) is 4.79 Å². The Labute approximate surface area is 115 Å². The molecule has 0 spiro atoms. The van der Waals surface area contributed by atoms with Gasteiger partial charge in [-0.15, -0.1) is 0 Å². The number of aryl methyl sites for hydroxylation is 1. The standard InChI is InChI=1S/C12H13N3O4S/c1-8-9(12(16)17)4-3-5-10(8)14-20(18,19)11-6-7-13-15(11)2/h3-7,14H,1-2H3,(H,16,17). The quantitative estimate of drug-likeness (QED) is 0.883. The molecule has 0 fully saturated rings. The number of sulfonamides is 1. The Kier molecular flexibility index (Phi) is 3.49. The van der Waals surface area contributed by atoms with Crippen LogP contribution in [0.5, 0.6) is 0 Å². The minimum absolute atomic E-state index is 0.00220. The summed E-state index contributed by atoms with van der Waals surface area (Å²) in [6.45, 7) is 1.55. The lowest BCUT2D eigenvalue weighted by Crippen LogP contribution is -2.18. The van der Waals surface area contributed by atoms with E-state index in [9.17, 15) is 13.2 Å². The number of hydrogen-bond acceptors (Lipinski definition) is 4. The van der Waals surface area contributed by atoms with E-state index in [1.807, 2.05) is 0 Å². The molecule has 0 saturated carbocycles. The summed E-state index contributed by atoms with van der Waals surface area (Å²) >= 11 is 0. The lowest BCUT2D eigenvalue weighted by Gasteiger charge is -2.12. The first-order chi connectivity index (χ1) is 9.33. The minimum atomic E-state index is -3.81. The molecule has 2 aromatic rings. The number of nitrogens with zero attached hydrogens (tertiary/aromatic N) is 2. The monoisotopic (exact) mass is 295 g/mol. The molecule has 7 nitrogen and oxygen atoms in total. The average molecular weight is 295 g/mol. The Balaban J connectivity index is 2.43. The highest BCUT2D eigenvalue weighted by atomic mass is 32.2. The molecule has 0 bridgehead atoms.